The molecule has 0 bridgehead atoms. The van der Waals surface area contributed by atoms with E-state index in [2.05, 4.69) is 35.7 Å². The van der Waals surface area contributed by atoms with Crippen LogP contribution in [0.3, 0.4) is 0 Å². The van der Waals surface area contributed by atoms with Gasteiger partial charge in [-0.05, 0) is 42.2 Å². The summed E-state index contributed by atoms with van der Waals surface area (Å²) in [5, 5.41) is 7.98. The second-order valence-corrected chi connectivity index (χ2v) is 6.45. The predicted molar refractivity (Wildman–Crippen MR) is 93.0 cm³/mol. The SMILES string of the molecule is CCCCCCCCCCCCc1c(C)ccc2c1N=N[N]2. The van der Waals surface area contributed by atoms with E-state index in [4.69, 9.17) is 0 Å². The van der Waals surface area contributed by atoms with Crippen molar-refractivity contribution in [1.82, 2.24) is 5.43 Å². The molecular weight excluding hydrogens is 270 g/mol. The van der Waals surface area contributed by atoms with Gasteiger partial charge in [-0.15, -0.1) is 10.5 Å². The first kappa shape index (κ1) is 17.0. The Morgan fingerprint density at radius 3 is 2.14 bits per heavy atom. The molecule has 1 radical (unpaired) electrons. The van der Waals surface area contributed by atoms with E-state index in [1.165, 1.54) is 75.3 Å². The monoisotopic (exact) mass is 300 g/mol. The summed E-state index contributed by atoms with van der Waals surface area (Å²) in [6.07, 6.45) is 14.9. The summed E-state index contributed by atoms with van der Waals surface area (Å²) in [5.41, 5.74) is 8.68. The van der Waals surface area contributed by atoms with Crippen LogP contribution in [0.15, 0.2) is 22.5 Å². The number of hydrogen-bond acceptors (Lipinski definition) is 2. The summed E-state index contributed by atoms with van der Waals surface area (Å²) in [6, 6.07) is 4.16. The number of rotatable bonds is 11. The summed E-state index contributed by atoms with van der Waals surface area (Å²) in [7, 11) is 0. The van der Waals surface area contributed by atoms with E-state index in [1.54, 1.807) is 0 Å². The minimum absolute atomic E-state index is 0.938. The number of benzene rings is 1. The van der Waals surface area contributed by atoms with E-state index in [0.29, 0.717) is 0 Å². The zero-order valence-electron chi connectivity index (χ0n) is 14.3. The van der Waals surface area contributed by atoms with Crippen LogP contribution in [0.2, 0.25) is 0 Å². The van der Waals surface area contributed by atoms with Gasteiger partial charge in [-0.1, -0.05) is 70.8 Å². The Balaban J connectivity index is 1.58. The van der Waals surface area contributed by atoms with Crippen molar-refractivity contribution in [3.63, 3.8) is 0 Å². The van der Waals surface area contributed by atoms with E-state index in [1.807, 2.05) is 6.07 Å². The lowest BCUT2D eigenvalue weighted by molar-refractivity contribution is 0.556. The van der Waals surface area contributed by atoms with Crippen molar-refractivity contribution in [3.05, 3.63) is 23.3 Å². The van der Waals surface area contributed by atoms with Gasteiger partial charge in [0.1, 0.15) is 11.4 Å². The van der Waals surface area contributed by atoms with Gasteiger partial charge >= 0.3 is 0 Å². The molecule has 1 aliphatic rings. The van der Waals surface area contributed by atoms with Crippen LogP contribution in [0, 0.1) is 6.92 Å². The fourth-order valence-corrected chi connectivity index (χ4v) is 3.14. The van der Waals surface area contributed by atoms with Gasteiger partial charge < -0.3 is 0 Å². The molecule has 0 amide bonds. The fourth-order valence-electron chi connectivity index (χ4n) is 3.14. The van der Waals surface area contributed by atoms with Gasteiger partial charge in [0, 0.05) is 0 Å². The third kappa shape index (κ3) is 5.11. The van der Waals surface area contributed by atoms with Crippen LogP contribution in [-0.2, 0) is 6.42 Å². The van der Waals surface area contributed by atoms with Crippen molar-refractivity contribution in [2.24, 2.45) is 10.3 Å². The van der Waals surface area contributed by atoms with Gasteiger partial charge in [0.15, 0.2) is 0 Å². The highest BCUT2D eigenvalue weighted by Gasteiger charge is 2.15. The summed E-state index contributed by atoms with van der Waals surface area (Å²) < 4.78 is 0. The Kier molecular flexibility index (Phi) is 7.41. The quantitative estimate of drug-likeness (QED) is 0.407. The molecule has 22 heavy (non-hydrogen) atoms. The first-order valence-corrected chi connectivity index (χ1v) is 9.07. The molecule has 0 saturated carbocycles. The summed E-state index contributed by atoms with van der Waals surface area (Å²) >= 11 is 0. The van der Waals surface area contributed by atoms with E-state index < -0.39 is 0 Å². The standard InChI is InChI=1S/C19H30N3/c1-3-4-5-6-7-8-9-10-11-12-13-17-16(2)14-15-18-19(17)21-22-20-18/h14-15H,3-13H2,1-2H3. The molecule has 3 nitrogen and oxygen atoms in total. The molecule has 2 rings (SSSR count). The maximum absolute atomic E-state index is 4.18. The second-order valence-electron chi connectivity index (χ2n) is 6.45. The third-order valence-electron chi connectivity index (χ3n) is 4.57. The molecule has 1 aliphatic heterocycles. The van der Waals surface area contributed by atoms with Crippen molar-refractivity contribution < 1.29 is 0 Å². The van der Waals surface area contributed by atoms with Crippen LogP contribution in [-0.4, -0.2) is 0 Å². The van der Waals surface area contributed by atoms with E-state index >= 15 is 0 Å². The zero-order valence-corrected chi connectivity index (χ0v) is 14.3. The molecule has 0 N–H and O–H groups in total. The van der Waals surface area contributed by atoms with Crippen molar-refractivity contribution in [1.29, 1.82) is 0 Å². The second kappa shape index (κ2) is 9.60. The first-order valence-electron chi connectivity index (χ1n) is 9.07. The number of fused-ring (bicyclic) bond motifs is 1. The van der Waals surface area contributed by atoms with Crippen LogP contribution in [0.1, 0.15) is 82.3 Å². The molecule has 1 aromatic carbocycles. The molecule has 1 aromatic rings. The highest BCUT2D eigenvalue weighted by atomic mass is 15.5. The Labute approximate surface area is 135 Å². The molecule has 121 valence electrons. The minimum atomic E-state index is 0.938. The minimum Gasteiger partial charge on any atom is -0.128 e. The first-order chi connectivity index (χ1) is 10.8. The lowest BCUT2D eigenvalue weighted by Gasteiger charge is -2.08. The smallest absolute Gasteiger partial charge is 0.118 e. The Morgan fingerprint density at radius 2 is 1.45 bits per heavy atom. The lowest BCUT2D eigenvalue weighted by Crippen LogP contribution is -1.92. The molecular formula is C19H30N3. The fraction of sp³-hybridized carbons (Fsp3) is 0.684. The molecule has 0 unspecified atom stereocenters. The molecule has 0 aromatic heterocycles. The van der Waals surface area contributed by atoms with Crippen LogP contribution < -0.4 is 5.43 Å². The van der Waals surface area contributed by atoms with Crippen molar-refractivity contribution in [3.8, 4) is 0 Å². The highest BCUT2D eigenvalue weighted by Crippen LogP contribution is 2.36. The third-order valence-corrected chi connectivity index (χ3v) is 4.57. The molecule has 0 saturated heterocycles. The van der Waals surface area contributed by atoms with Gasteiger partial charge in [0.2, 0.25) is 0 Å². The lowest BCUT2D eigenvalue weighted by atomic mass is 9.98. The number of unbranched alkanes of at least 4 members (excludes halogenated alkanes) is 9. The van der Waals surface area contributed by atoms with Gasteiger partial charge in [-0.25, -0.2) is 0 Å². The van der Waals surface area contributed by atoms with Crippen molar-refractivity contribution in [2.45, 2.75) is 84.5 Å². The van der Waals surface area contributed by atoms with Crippen LogP contribution in [0.5, 0.6) is 0 Å². The predicted octanol–water partition coefficient (Wildman–Crippen LogP) is 6.71. The summed E-state index contributed by atoms with van der Waals surface area (Å²) in [6.45, 7) is 4.44. The topological polar surface area (TPSA) is 38.8 Å². The van der Waals surface area contributed by atoms with Crippen molar-refractivity contribution in [2.75, 3.05) is 0 Å². The molecule has 0 fully saturated rings. The maximum atomic E-state index is 4.18. The average molecular weight is 300 g/mol. The van der Waals surface area contributed by atoms with Crippen LogP contribution in [0.25, 0.3) is 0 Å². The Bertz CT molecular complexity index is 480. The average Bonchev–Trinajstić information content (AvgIpc) is 2.99. The number of nitrogens with zero attached hydrogens (tertiary/aromatic N) is 3. The zero-order chi connectivity index (χ0) is 15.6. The highest BCUT2D eigenvalue weighted by molar-refractivity contribution is 5.68. The largest absolute Gasteiger partial charge is 0.128 e. The van der Waals surface area contributed by atoms with E-state index in [9.17, 15) is 0 Å². The van der Waals surface area contributed by atoms with Gasteiger partial charge in [-0.3, -0.25) is 0 Å². The number of hydrogen-bond donors (Lipinski definition) is 0. The number of aryl methyl sites for hydroxylation is 1. The van der Waals surface area contributed by atoms with Crippen molar-refractivity contribution >= 4 is 11.4 Å². The normalized spacial score (nSPS) is 12.5. The van der Waals surface area contributed by atoms with E-state index in [0.717, 1.165) is 17.8 Å². The van der Waals surface area contributed by atoms with Gasteiger partial charge in [0.05, 0.1) is 0 Å². The molecule has 3 heteroatoms. The molecule has 0 atom stereocenters. The van der Waals surface area contributed by atoms with Gasteiger partial charge in [-0.2, -0.15) is 0 Å². The summed E-state index contributed by atoms with van der Waals surface area (Å²) in [5.74, 6) is 0. The van der Waals surface area contributed by atoms with Gasteiger partial charge in [0.25, 0.3) is 0 Å². The van der Waals surface area contributed by atoms with Crippen LogP contribution >= 0.6 is 0 Å². The van der Waals surface area contributed by atoms with E-state index in [-0.39, 0.29) is 0 Å². The molecule has 0 spiro atoms. The molecule has 1 heterocycles. The maximum Gasteiger partial charge on any atom is 0.118 e. The molecule has 0 aliphatic carbocycles. The Morgan fingerprint density at radius 1 is 0.818 bits per heavy atom. The Hall–Kier alpha value is -1.38. The van der Waals surface area contributed by atoms with Crippen LogP contribution in [0.4, 0.5) is 11.4 Å². The summed E-state index contributed by atoms with van der Waals surface area (Å²) in [4.78, 5) is 0.